The summed E-state index contributed by atoms with van der Waals surface area (Å²) in [6.07, 6.45) is 0.383. The number of ether oxygens (including phenoxy) is 1. The molecule has 0 saturated carbocycles. The van der Waals surface area contributed by atoms with Gasteiger partial charge in [0.25, 0.3) is 0 Å². The third kappa shape index (κ3) is 3.07. The molecule has 1 unspecified atom stereocenters. The van der Waals surface area contributed by atoms with Crippen LogP contribution in [0.3, 0.4) is 0 Å². The topological polar surface area (TPSA) is 66.8 Å². The van der Waals surface area contributed by atoms with E-state index in [1.807, 2.05) is 29.2 Å². The van der Waals surface area contributed by atoms with Gasteiger partial charge in [0, 0.05) is 13.1 Å². The molecule has 0 aromatic heterocycles. The van der Waals surface area contributed by atoms with Crippen molar-refractivity contribution in [3.8, 4) is 0 Å². The summed E-state index contributed by atoms with van der Waals surface area (Å²) in [6.45, 7) is 1.89. The highest BCUT2D eigenvalue weighted by molar-refractivity contribution is 6.27. The van der Waals surface area contributed by atoms with E-state index in [9.17, 15) is 9.59 Å². The summed E-state index contributed by atoms with van der Waals surface area (Å²) in [7, 11) is 0. The van der Waals surface area contributed by atoms with Crippen LogP contribution in [0.1, 0.15) is 17.2 Å². The Morgan fingerprint density at radius 1 is 1.42 bits per heavy atom. The molecule has 0 aliphatic carbocycles. The van der Waals surface area contributed by atoms with Gasteiger partial charge in [-0.3, -0.25) is 14.5 Å². The van der Waals surface area contributed by atoms with Crippen molar-refractivity contribution < 1.29 is 19.4 Å². The van der Waals surface area contributed by atoms with E-state index in [-0.39, 0.29) is 13.2 Å². The van der Waals surface area contributed by atoms with Crippen LogP contribution in [-0.4, -0.2) is 48.4 Å². The maximum absolute atomic E-state index is 11.8. The molecule has 1 N–H and O–H groups in total. The lowest BCUT2D eigenvalue weighted by Crippen LogP contribution is -2.32. The van der Waals surface area contributed by atoms with Gasteiger partial charge in [0.2, 0.25) is 5.78 Å². The summed E-state index contributed by atoms with van der Waals surface area (Å²) in [5.41, 5.74) is 1.98. The van der Waals surface area contributed by atoms with Gasteiger partial charge in [0.1, 0.15) is 6.04 Å². The second kappa shape index (κ2) is 6.56. The first-order valence-electron chi connectivity index (χ1n) is 6.27. The zero-order valence-electron chi connectivity index (χ0n) is 10.6. The van der Waals surface area contributed by atoms with Gasteiger partial charge in [0.05, 0.1) is 19.8 Å². The standard InChI is InChI=1S/C14H17NO4/c16-6-8-19-7-5-15-9-11-3-1-2-4-12(11)14(15)13(18)10-17/h1-4,10,14,16H,5-9H2. The number of benzene rings is 1. The molecule has 0 fully saturated rings. The van der Waals surface area contributed by atoms with Gasteiger partial charge >= 0.3 is 0 Å². The van der Waals surface area contributed by atoms with E-state index in [4.69, 9.17) is 9.84 Å². The van der Waals surface area contributed by atoms with Gasteiger partial charge in [-0.1, -0.05) is 24.3 Å². The van der Waals surface area contributed by atoms with Crippen LogP contribution in [0.5, 0.6) is 0 Å². The maximum atomic E-state index is 11.8. The van der Waals surface area contributed by atoms with Crippen molar-refractivity contribution in [3.63, 3.8) is 0 Å². The smallest absolute Gasteiger partial charge is 0.216 e. The van der Waals surface area contributed by atoms with E-state index in [0.717, 1.165) is 11.1 Å². The Labute approximate surface area is 111 Å². The van der Waals surface area contributed by atoms with Crippen LogP contribution in [0.15, 0.2) is 24.3 Å². The lowest BCUT2D eigenvalue weighted by molar-refractivity contribution is -0.133. The summed E-state index contributed by atoms with van der Waals surface area (Å²) >= 11 is 0. The van der Waals surface area contributed by atoms with Gasteiger partial charge in [-0.2, -0.15) is 0 Å². The van der Waals surface area contributed by atoms with Crippen LogP contribution in [0.25, 0.3) is 0 Å². The zero-order valence-corrected chi connectivity index (χ0v) is 10.6. The maximum Gasteiger partial charge on any atom is 0.216 e. The number of Topliss-reactive ketones (excluding diaryl/α,β-unsaturated/α-hetero) is 1. The predicted molar refractivity (Wildman–Crippen MR) is 68.6 cm³/mol. The third-order valence-corrected chi connectivity index (χ3v) is 3.23. The minimum atomic E-state index is -0.494. The van der Waals surface area contributed by atoms with E-state index in [0.29, 0.717) is 26.0 Å². The van der Waals surface area contributed by atoms with Crippen molar-refractivity contribution in [2.24, 2.45) is 0 Å². The molecule has 0 radical (unpaired) electrons. The van der Waals surface area contributed by atoms with E-state index >= 15 is 0 Å². The van der Waals surface area contributed by atoms with Gasteiger partial charge in [0.15, 0.2) is 6.29 Å². The predicted octanol–water partition coefficient (Wildman–Crippen LogP) is 0.320. The Morgan fingerprint density at radius 2 is 2.21 bits per heavy atom. The Hall–Kier alpha value is -1.56. The van der Waals surface area contributed by atoms with Crippen molar-refractivity contribution in [1.82, 2.24) is 4.90 Å². The fourth-order valence-corrected chi connectivity index (χ4v) is 2.41. The molecule has 1 atom stereocenters. The Balaban J connectivity index is 2.08. The van der Waals surface area contributed by atoms with Crippen molar-refractivity contribution in [2.45, 2.75) is 12.6 Å². The summed E-state index contributed by atoms with van der Waals surface area (Å²) < 4.78 is 5.21. The van der Waals surface area contributed by atoms with Gasteiger partial charge < -0.3 is 9.84 Å². The van der Waals surface area contributed by atoms with Crippen molar-refractivity contribution in [1.29, 1.82) is 0 Å². The van der Waals surface area contributed by atoms with Crippen LogP contribution in [0.2, 0.25) is 0 Å². The van der Waals surface area contributed by atoms with Gasteiger partial charge in [-0.05, 0) is 11.1 Å². The first-order chi connectivity index (χ1) is 9.27. The quantitative estimate of drug-likeness (QED) is 0.436. The highest BCUT2D eigenvalue weighted by Gasteiger charge is 2.34. The molecule has 102 valence electrons. The van der Waals surface area contributed by atoms with E-state index in [1.54, 1.807) is 0 Å². The average molecular weight is 263 g/mol. The number of rotatable bonds is 7. The molecule has 1 aromatic carbocycles. The van der Waals surface area contributed by atoms with E-state index in [1.165, 1.54) is 0 Å². The molecule has 1 aromatic rings. The lowest BCUT2D eigenvalue weighted by atomic mass is 10.0. The van der Waals surface area contributed by atoms with Crippen molar-refractivity contribution >= 4 is 12.1 Å². The number of ketones is 1. The largest absolute Gasteiger partial charge is 0.394 e. The molecule has 0 saturated heterocycles. The van der Waals surface area contributed by atoms with E-state index in [2.05, 4.69) is 0 Å². The van der Waals surface area contributed by atoms with Crippen LogP contribution in [0.4, 0.5) is 0 Å². The average Bonchev–Trinajstić information content (AvgIpc) is 2.81. The molecule has 2 rings (SSSR count). The Bertz CT molecular complexity index is 461. The summed E-state index contributed by atoms with van der Waals surface area (Å²) in [5, 5.41) is 8.64. The zero-order chi connectivity index (χ0) is 13.7. The fraction of sp³-hybridized carbons (Fsp3) is 0.429. The Morgan fingerprint density at radius 3 is 2.95 bits per heavy atom. The highest BCUT2D eigenvalue weighted by Crippen LogP contribution is 2.33. The number of carbonyl (C=O) groups excluding carboxylic acids is 2. The molecule has 19 heavy (non-hydrogen) atoms. The molecule has 1 heterocycles. The molecule has 5 nitrogen and oxygen atoms in total. The number of hydrogen-bond donors (Lipinski definition) is 1. The SMILES string of the molecule is O=CC(=O)C1c2ccccc2CN1CCOCCO. The molecule has 1 aliphatic heterocycles. The molecule has 0 spiro atoms. The molecule has 5 heteroatoms. The van der Waals surface area contributed by atoms with Crippen LogP contribution < -0.4 is 0 Å². The van der Waals surface area contributed by atoms with Gasteiger partial charge in [-0.25, -0.2) is 0 Å². The normalized spacial score (nSPS) is 18.3. The van der Waals surface area contributed by atoms with Gasteiger partial charge in [-0.15, -0.1) is 0 Å². The number of carbonyl (C=O) groups is 2. The van der Waals surface area contributed by atoms with Crippen molar-refractivity contribution in [2.75, 3.05) is 26.4 Å². The van der Waals surface area contributed by atoms with Crippen LogP contribution in [-0.2, 0) is 20.9 Å². The second-order valence-electron chi connectivity index (χ2n) is 4.43. The first kappa shape index (κ1) is 13.9. The van der Waals surface area contributed by atoms with Crippen LogP contribution in [0, 0.1) is 0 Å². The number of fused-ring (bicyclic) bond motifs is 1. The highest BCUT2D eigenvalue weighted by atomic mass is 16.5. The number of hydrogen-bond acceptors (Lipinski definition) is 5. The molecule has 0 amide bonds. The minimum absolute atomic E-state index is 0.0169. The molecular formula is C14H17NO4. The molecule has 0 bridgehead atoms. The molecule has 1 aliphatic rings. The number of aliphatic hydroxyl groups excluding tert-OH is 1. The summed E-state index contributed by atoms with van der Waals surface area (Å²) in [4.78, 5) is 24.5. The monoisotopic (exact) mass is 263 g/mol. The summed E-state index contributed by atoms with van der Waals surface area (Å²) in [5.74, 6) is -0.424. The molecular weight excluding hydrogens is 246 g/mol. The Kier molecular flexibility index (Phi) is 4.79. The number of aliphatic hydroxyl groups is 1. The number of nitrogens with zero attached hydrogens (tertiary/aromatic N) is 1. The lowest BCUT2D eigenvalue weighted by Gasteiger charge is -2.22. The third-order valence-electron chi connectivity index (χ3n) is 3.23. The minimum Gasteiger partial charge on any atom is -0.394 e. The fourth-order valence-electron chi connectivity index (χ4n) is 2.41. The number of aldehydes is 1. The van der Waals surface area contributed by atoms with E-state index < -0.39 is 11.8 Å². The van der Waals surface area contributed by atoms with Crippen molar-refractivity contribution in [3.05, 3.63) is 35.4 Å². The second-order valence-corrected chi connectivity index (χ2v) is 4.43. The summed E-state index contributed by atoms with van der Waals surface area (Å²) in [6, 6.07) is 7.15. The first-order valence-corrected chi connectivity index (χ1v) is 6.27. The van der Waals surface area contributed by atoms with Crippen LogP contribution >= 0.6 is 0 Å².